The third-order valence-corrected chi connectivity index (χ3v) is 6.26. The van der Waals surface area contributed by atoms with Crippen molar-refractivity contribution in [1.82, 2.24) is 14.6 Å². The molecule has 0 saturated heterocycles. The van der Waals surface area contributed by atoms with E-state index in [1.807, 2.05) is 37.3 Å². The van der Waals surface area contributed by atoms with Crippen LogP contribution in [0.5, 0.6) is 0 Å². The third-order valence-electron chi connectivity index (χ3n) is 3.52. The zero-order valence-corrected chi connectivity index (χ0v) is 16.0. The van der Waals surface area contributed by atoms with Crippen LogP contribution in [0, 0.1) is 0 Å². The maximum Gasteiger partial charge on any atom is 0.244 e. The summed E-state index contributed by atoms with van der Waals surface area (Å²) in [5.74, 6) is 0.109. The molecule has 0 aliphatic heterocycles. The number of benzene rings is 1. The van der Waals surface area contributed by atoms with Gasteiger partial charge in [0.1, 0.15) is 4.90 Å². The predicted molar refractivity (Wildman–Crippen MR) is 98.8 cm³/mol. The Balaban J connectivity index is 1.90. The molecule has 1 heterocycles. The molecule has 1 aromatic heterocycles. The highest BCUT2D eigenvalue weighted by molar-refractivity contribution is 7.99. The molecular formula is C17H21N3O3S2. The minimum Gasteiger partial charge on any atom is -0.349 e. The van der Waals surface area contributed by atoms with Crippen LogP contribution < -0.4 is 5.32 Å². The van der Waals surface area contributed by atoms with Crippen LogP contribution in [-0.2, 0) is 14.8 Å². The van der Waals surface area contributed by atoms with Gasteiger partial charge in [0.25, 0.3) is 0 Å². The first kappa shape index (κ1) is 19.4. The maximum atomic E-state index is 12.1. The van der Waals surface area contributed by atoms with E-state index < -0.39 is 10.0 Å². The summed E-state index contributed by atoms with van der Waals surface area (Å²) in [5.41, 5.74) is 1.04. The molecule has 2 aromatic rings. The molecule has 1 N–H and O–H groups in total. The van der Waals surface area contributed by atoms with Crippen LogP contribution in [0.1, 0.15) is 18.5 Å². The highest BCUT2D eigenvalue weighted by Crippen LogP contribution is 2.19. The monoisotopic (exact) mass is 379 g/mol. The van der Waals surface area contributed by atoms with Crippen molar-refractivity contribution in [3.8, 4) is 0 Å². The first-order valence-electron chi connectivity index (χ1n) is 7.66. The molecule has 1 aromatic carbocycles. The SMILES string of the molecule is C[C@@H](NC(=O)CSc1ccc(S(=O)(=O)N(C)C)cn1)c1ccccc1. The number of thioether (sulfide) groups is 1. The highest BCUT2D eigenvalue weighted by Gasteiger charge is 2.17. The second-order valence-electron chi connectivity index (χ2n) is 5.61. The standard InChI is InChI=1S/C17H21N3O3S2/c1-13(14-7-5-4-6-8-14)19-16(21)12-24-17-10-9-15(11-18-17)25(22,23)20(2)3/h4-11,13H,12H2,1-3H3,(H,19,21)/t13-/m1/s1. The van der Waals surface area contributed by atoms with Gasteiger partial charge < -0.3 is 5.32 Å². The normalized spacial score (nSPS) is 12.8. The lowest BCUT2D eigenvalue weighted by Crippen LogP contribution is -2.28. The Bertz CT molecular complexity index is 807. The second kappa shape index (κ2) is 8.46. The molecule has 1 amide bonds. The number of pyridine rings is 1. The number of hydrogen-bond donors (Lipinski definition) is 1. The van der Waals surface area contributed by atoms with E-state index in [0.29, 0.717) is 5.03 Å². The van der Waals surface area contributed by atoms with Gasteiger partial charge in [-0.1, -0.05) is 42.1 Å². The Morgan fingerprint density at radius 3 is 2.44 bits per heavy atom. The fourth-order valence-electron chi connectivity index (χ4n) is 2.06. The Hall–Kier alpha value is -1.90. The van der Waals surface area contributed by atoms with Crippen LogP contribution in [0.2, 0.25) is 0 Å². The van der Waals surface area contributed by atoms with Gasteiger partial charge >= 0.3 is 0 Å². The van der Waals surface area contributed by atoms with Crippen LogP contribution in [0.3, 0.4) is 0 Å². The fraction of sp³-hybridized carbons (Fsp3) is 0.294. The van der Waals surface area contributed by atoms with E-state index in [-0.39, 0.29) is 22.6 Å². The van der Waals surface area contributed by atoms with Crippen molar-refractivity contribution in [1.29, 1.82) is 0 Å². The topological polar surface area (TPSA) is 79.4 Å². The van der Waals surface area contributed by atoms with Gasteiger partial charge in [0, 0.05) is 20.3 Å². The molecule has 0 aliphatic rings. The number of sulfonamides is 1. The summed E-state index contributed by atoms with van der Waals surface area (Å²) < 4.78 is 25.1. The van der Waals surface area contributed by atoms with Gasteiger partial charge in [-0.15, -0.1) is 0 Å². The van der Waals surface area contributed by atoms with Gasteiger partial charge in [-0.25, -0.2) is 17.7 Å². The van der Waals surface area contributed by atoms with Crippen LogP contribution in [0.25, 0.3) is 0 Å². The summed E-state index contributed by atoms with van der Waals surface area (Å²) >= 11 is 1.26. The van der Waals surface area contributed by atoms with Gasteiger partial charge in [0.15, 0.2) is 0 Å². The van der Waals surface area contributed by atoms with Gasteiger partial charge in [0.05, 0.1) is 16.8 Å². The summed E-state index contributed by atoms with van der Waals surface area (Å²) in [4.78, 5) is 16.3. The molecule has 0 saturated carbocycles. The Kier molecular flexibility index (Phi) is 6.57. The molecule has 0 unspecified atom stereocenters. The van der Waals surface area contributed by atoms with E-state index in [1.54, 1.807) is 6.07 Å². The molecule has 8 heteroatoms. The molecule has 134 valence electrons. The first-order valence-corrected chi connectivity index (χ1v) is 10.1. The lowest BCUT2D eigenvalue weighted by molar-refractivity contribution is -0.119. The van der Waals surface area contributed by atoms with Gasteiger partial charge in [-0.3, -0.25) is 4.79 Å². The molecule has 2 rings (SSSR count). The van der Waals surface area contributed by atoms with Crippen LogP contribution in [0.15, 0.2) is 58.6 Å². The number of nitrogens with one attached hydrogen (secondary N) is 1. The number of amides is 1. The summed E-state index contributed by atoms with van der Waals surface area (Å²) in [7, 11) is -0.552. The van der Waals surface area contributed by atoms with Crippen molar-refractivity contribution < 1.29 is 13.2 Å². The van der Waals surface area contributed by atoms with Crippen LogP contribution in [-0.4, -0.2) is 43.5 Å². The lowest BCUT2D eigenvalue weighted by atomic mass is 10.1. The molecule has 0 fully saturated rings. The van der Waals surface area contributed by atoms with E-state index in [4.69, 9.17) is 0 Å². The summed E-state index contributed by atoms with van der Waals surface area (Å²) in [6.45, 7) is 1.93. The average molecular weight is 380 g/mol. The van der Waals surface area contributed by atoms with Gasteiger partial charge in [-0.2, -0.15) is 0 Å². The van der Waals surface area contributed by atoms with E-state index >= 15 is 0 Å². The predicted octanol–water partition coefficient (Wildman–Crippen LogP) is 2.30. The van der Waals surface area contributed by atoms with E-state index in [1.165, 1.54) is 38.1 Å². The first-order chi connectivity index (χ1) is 11.8. The molecule has 0 spiro atoms. The smallest absolute Gasteiger partial charge is 0.244 e. The highest BCUT2D eigenvalue weighted by atomic mass is 32.2. The third kappa shape index (κ3) is 5.29. The molecule has 6 nitrogen and oxygen atoms in total. The van der Waals surface area contributed by atoms with Gasteiger partial charge in [0.2, 0.25) is 15.9 Å². The second-order valence-corrected chi connectivity index (χ2v) is 8.76. The molecule has 1 atom stereocenters. The zero-order valence-electron chi connectivity index (χ0n) is 14.3. The van der Waals surface area contributed by atoms with Crippen LogP contribution in [0.4, 0.5) is 0 Å². The lowest BCUT2D eigenvalue weighted by Gasteiger charge is -2.14. The number of rotatable bonds is 7. The van der Waals surface area contributed by atoms with Crippen molar-refractivity contribution in [3.63, 3.8) is 0 Å². The number of carbonyl (C=O) groups is 1. The fourth-order valence-corrected chi connectivity index (χ4v) is 3.56. The molecule has 0 bridgehead atoms. The zero-order chi connectivity index (χ0) is 18.4. The van der Waals surface area contributed by atoms with Crippen LogP contribution >= 0.6 is 11.8 Å². The van der Waals surface area contributed by atoms with Gasteiger partial charge in [-0.05, 0) is 24.6 Å². The average Bonchev–Trinajstić information content (AvgIpc) is 2.61. The number of nitrogens with zero attached hydrogens (tertiary/aromatic N) is 2. The maximum absolute atomic E-state index is 12.1. The van der Waals surface area contributed by atoms with E-state index in [9.17, 15) is 13.2 Å². The number of carbonyl (C=O) groups excluding carboxylic acids is 1. The van der Waals surface area contributed by atoms with Crippen molar-refractivity contribution in [3.05, 3.63) is 54.2 Å². The van der Waals surface area contributed by atoms with Crippen molar-refractivity contribution in [2.45, 2.75) is 22.9 Å². The number of aromatic nitrogens is 1. The summed E-state index contributed by atoms with van der Waals surface area (Å²) in [5, 5.41) is 3.52. The Morgan fingerprint density at radius 1 is 1.20 bits per heavy atom. The quantitative estimate of drug-likeness (QED) is 0.747. The van der Waals surface area contributed by atoms with Crippen molar-refractivity contribution in [2.75, 3.05) is 19.8 Å². The summed E-state index contributed by atoms with van der Waals surface area (Å²) in [6.07, 6.45) is 1.31. The molecular weight excluding hydrogens is 358 g/mol. The molecule has 0 radical (unpaired) electrons. The van der Waals surface area contributed by atoms with Crippen molar-refractivity contribution in [2.24, 2.45) is 0 Å². The van der Waals surface area contributed by atoms with E-state index in [0.717, 1.165) is 9.87 Å². The van der Waals surface area contributed by atoms with Crippen molar-refractivity contribution >= 4 is 27.7 Å². The Labute approximate surface area is 152 Å². The largest absolute Gasteiger partial charge is 0.349 e. The minimum atomic E-state index is -3.49. The molecule has 25 heavy (non-hydrogen) atoms. The number of hydrogen-bond acceptors (Lipinski definition) is 5. The summed E-state index contributed by atoms with van der Waals surface area (Å²) in [6, 6.07) is 12.7. The molecule has 0 aliphatic carbocycles. The van der Waals surface area contributed by atoms with E-state index in [2.05, 4.69) is 10.3 Å². The minimum absolute atomic E-state index is 0.0742. The Morgan fingerprint density at radius 2 is 1.88 bits per heavy atom.